The van der Waals surface area contributed by atoms with Crippen molar-refractivity contribution in [2.45, 2.75) is 13.3 Å². The number of hydrogen-bond donors (Lipinski definition) is 1. The minimum absolute atomic E-state index is 0.433. The van der Waals surface area contributed by atoms with Gasteiger partial charge in [0.1, 0.15) is 5.76 Å². The van der Waals surface area contributed by atoms with Crippen LogP contribution in [-0.2, 0) is 0 Å². The van der Waals surface area contributed by atoms with E-state index in [4.69, 9.17) is 0 Å². The van der Waals surface area contributed by atoms with Gasteiger partial charge in [-0.15, -0.1) is 0 Å². The molecule has 2 aromatic carbocycles. The first-order valence-corrected chi connectivity index (χ1v) is 5.86. The number of aliphatic hydroxyl groups is 1. The molecular formula is C16H16O. The van der Waals surface area contributed by atoms with Crippen LogP contribution in [0.25, 0.3) is 5.57 Å². The fraction of sp³-hybridized carbons (Fsp3) is 0.125. The lowest BCUT2D eigenvalue weighted by Crippen LogP contribution is -1.93. The second-order valence-corrected chi connectivity index (χ2v) is 3.91. The molecule has 0 atom stereocenters. The first kappa shape index (κ1) is 11.5. The Bertz CT molecular complexity index is 456. The first-order valence-electron chi connectivity index (χ1n) is 5.86. The van der Waals surface area contributed by atoms with Crippen LogP contribution < -0.4 is 0 Å². The maximum absolute atomic E-state index is 10.1. The highest BCUT2D eigenvalue weighted by Gasteiger charge is 2.09. The van der Waals surface area contributed by atoms with Crippen LogP contribution in [0.15, 0.2) is 66.4 Å². The number of benzene rings is 2. The Morgan fingerprint density at radius 3 is 1.59 bits per heavy atom. The molecule has 0 bridgehead atoms. The van der Waals surface area contributed by atoms with Crippen LogP contribution in [0.5, 0.6) is 0 Å². The number of rotatable bonds is 3. The zero-order valence-corrected chi connectivity index (χ0v) is 9.93. The van der Waals surface area contributed by atoms with Gasteiger partial charge in [0.2, 0.25) is 0 Å². The second-order valence-electron chi connectivity index (χ2n) is 3.91. The maximum atomic E-state index is 10.1. The summed E-state index contributed by atoms with van der Waals surface area (Å²) in [5.74, 6) is 0.433. The fourth-order valence-corrected chi connectivity index (χ4v) is 1.89. The molecule has 2 aromatic rings. The van der Waals surface area contributed by atoms with Crippen LogP contribution >= 0.6 is 0 Å². The molecular weight excluding hydrogens is 208 g/mol. The Morgan fingerprint density at radius 2 is 1.24 bits per heavy atom. The summed E-state index contributed by atoms with van der Waals surface area (Å²) in [4.78, 5) is 0. The normalized spacial score (nSPS) is 9.94. The number of allylic oxidation sites excluding steroid dienone is 1. The van der Waals surface area contributed by atoms with Gasteiger partial charge in [0.25, 0.3) is 0 Å². The molecule has 0 radical (unpaired) electrons. The van der Waals surface area contributed by atoms with Gasteiger partial charge in [-0.05, 0) is 11.1 Å². The molecule has 0 amide bonds. The van der Waals surface area contributed by atoms with Crippen molar-refractivity contribution in [3.63, 3.8) is 0 Å². The third-order valence-corrected chi connectivity index (χ3v) is 2.75. The SMILES string of the molecule is CCC(O)=C(c1ccccc1)c1ccccc1. The van der Waals surface area contributed by atoms with Gasteiger partial charge in [0.15, 0.2) is 0 Å². The molecule has 0 aliphatic rings. The van der Waals surface area contributed by atoms with E-state index < -0.39 is 0 Å². The maximum Gasteiger partial charge on any atom is 0.100 e. The minimum atomic E-state index is 0.433. The second kappa shape index (κ2) is 5.35. The lowest BCUT2D eigenvalue weighted by atomic mass is 9.96. The summed E-state index contributed by atoms with van der Waals surface area (Å²) >= 11 is 0. The summed E-state index contributed by atoms with van der Waals surface area (Å²) in [7, 11) is 0. The Hall–Kier alpha value is -2.02. The molecule has 0 fully saturated rings. The van der Waals surface area contributed by atoms with Crippen molar-refractivity contribution in [2.75, 3.05) is 0 Å². The molecule has 1 nitrogen and oxygen atoms in total. The summed E-state index contributed by atoms with van der Waals surface area (Å²) in [6.07, 6.45) is 0.638. The van der Waals surface area contributed by atoms with E-state index in [1.54, 1.807) is 0 Å². The Morgan fingerprint density at radius 1 is 0.824 bits per heavy atom. The van der Waals surface area contributed by atoms with Gasteiger partial charge in [-0.3, -0.25) is 0 Å². The summed E-state index contributed by atoms with van der Waals surface area (Å²) in [5, 5.41) is 10.1. The van der Waals surface area contributed by atoms with E-state index in [9.17, 15) is 5.11 Å². The summed E-state index contributed by atoms with van der Waals surface area (Å²) in [5.41, 5.74) is 3.03. The van der Waals surface area contributed by atoms with E-state index in [-0.39, 0.29) is 0 Å². The van der Waals surface area contributed by atoms with Gasteiger partial charge in [0.05, 0.1) is 0 Å². The van der Waals surface area contributed by atoms with E-state index in [1.165, 1.54) is 0 Å². The molecule has 0 spiro atoms. The predicted octanol–water partition coefficient (Wildman–Crippen LogP) is 4.41. The van der Waals surface area contributed by atoms with Gasteiger partial charge in [0, 0.05) is 12.0 Å². The highest BCUT2D eigenvalue weighted by Crippen LogP contribution is 2.26. The van der Waals surface area contributed by atoms with E-state index in [0.29, 0.717) is 12.2 Å². The smallest absolute Gasteiger partial charge is 0.100 e. The zero-order valence-electron chi connectivity index (χ0n) is 9.93. The van der Waals surface area contributed by atoms with E-state index in [1.807, 2.05) is 67.6 Å². The molecule has 86 valence electrons. The van der Waals surface area contributed by atoms with Gasteiger partial charge >= 0.3 is 0 Å². The lowest BCUT2D eigenvalue weighted by Gasteiger charge is -2.10. The topological polar surface area (TPSA) is 20.2 Å². The van der Waals surface area contributed by atoms with Crippen molar-refractivity contribution >= 4 is 5.57 Å². The third-order valence-electron chi connectivity index (χ3n) is 2.75. The summed E-state index contributed by atoms with van der Waals surface area (Å²) in [6.45, 7) is 1.96. The third kappa shape index (κ3) is 2.56. The first-order chi connectivity index (χ1) is 8.33. The average molecular weight is 224 g/mol. The van der Waals surface area contributed by atoms with Crippen molar-refractivity contribution < 1.29 is 5.11 Å². The van der Waals surface area contributed by atoms with Crippen LogP contribution in [0.3, 0.4) is 0 Å². The standard InChI is InChI=1S/C16H16O/c1-2-15(17)16(13-9-5-3-6-10-13)14-11-7-4-8-12-14/h3-12,17H,2H2,1H3. The molecule has 1 heteroatoms. The van der Waals surface area contributed by atoms with Gasteiger partial charge in [-0.1, -0.05) is 67.6 Å². The molecule has 0 aliphatic heterocycles. The molecule has 2 rings (SSSR count). The minimum Gasteiger partial charge on any atom is -0.512 e. The van der Waals surface area contributed by atoms with Crippen molar-refractivity contribution in [3.8, 4) is 0 Å². The Balaban J connectivity index is 2.56. The summed E-state index contributed by atoms with van der Waals surface area (Å²) in [6, 6.07) is 20.0. The van der Waals surface area contributed by atoms with Gasteiger partial charge < -0.3 is 5.11 Å². The van der Waals surface area contributed by atoms with E-state index in [0.717, 1.165) is 16.7 Å². The zero-order chi connectivity index (χ0) is 12.1. The van der Waals surface area contributed by atoms with Crippen LogP contribution in [0.2, 0.25) is 0 Å². The van der Waals surface area contributed by atoms with Crippen LogP contribution in [-0.4, -0.2) is 5.11 Å². The fourth-order valence-electron chi connectivity index (χ4n) is 1.89. The van der Waals surface area contributed by atoms with Crippen molar-refractivity contribution in [3.05, 3.63) is 77.5 Å². The van der Waals surface area contributed by atoms with Gasteiger partial charge in [-0.2, -0.15) is 0 Å². The largest absolute Gasteiger partial charge is 0.512 e. The summed E-state index contributed by atoms with van der Waals surface area (Å²) < 4.78 is 0. The molecule has 0 saturated heterocycles. The van der Waals surface area contributed by atoms with Gasteiger partial charge in [-0.25, -0.2) is 0 Å². The molecule has 17 heavy (non-hydrogen) atoms. The molecule has 0 heterocycles. The van der Waals surface area contributed by atoms with E-state index in [2.05, 4.69) is 0 Å². The predicted molar refractivity (Wildman–Crippen MR) is 71.8 cm³/mol. The molecule has 0 saturated carbocycles. The number of aliphatic hydroxyl groups excluding tert-OH is 1. The van der Waals surface area contributed by atoms with E-state index >= 15 is 0 Å². The molecule has 0 aliphatic carbocycles. The highest BCUT2D eigenvalue weighted by atomic mass is 16.3. The molecule has 0 aromatic heterocycles. The van der Waals surface area contributed by atoms with Crippen molar-refractivity contribution in [1.82, 2.24) is 0 Å². The van der Waals surface area contributed by atoms with Crippen molar-refractivity contribution in [1.29, 1.82) is 0 Å². The monoisotopic (exact) mass is 224 g/mol. The van der Waals surface area contributed by atoms with Crippen LogP contribution in [0, 0.1) is 0 Å². The van der Waals surface area contributed by atoms with Crippen LogP contribution in [0.4, 0.5) is 0 Å². The molecule has 1 N–H and O–H groups in total. The quantitative estimate of drug-likeness (QED) is 0.765. The Kier molecular flexibility index (Phi) is 3.61. The Labute approximate surface area is 102 Å². The average Bonchev–Trinajstić information content (AvgIpc) is 2.41. The highest BCUT2D eigenvalue weighted by molar-refractivity contribution is 5.80. The van der Waals surface area contributed by atoms with Crippen molar-refractivity contribution in [2.24, 2.45) is 0 Å². The number of hydrogen-bond acceptors (Lipinski definition) is 1. The molecule has 0 unspecified atom stereocenters. The van der Waals surface area contributed by atoms with Crippen LogP contribution in [0.1, 0.15) is 24.5 Å². The lowest BCUT2D eigenvalue weighted by molar-refractivity contribution is 0.398.